The fraction of sp³-hybridized carbons (Fsp3) is 0.0556. The number of hydrogen-bond acceptors (Lipinski definition) is 0. The molecule has 0 N–H and O–H groups in total. The minimum absolute atomic E-state index is 1.08. The summed E-state index contributed by atoms with van der Waals surface area (Å²) in [5.74, 6) is 0. The number of fused-ring (bicyclic) bond motifs is 2. The molecule has 5 rings (SSSR count). The molecule has 0 fully saturated rings. The van der Waals surface area contributed by atoms with E-state index in [1.807, 2.05) is 12.2 Å². The molecule has 0 saturated carbocycles. The Bertz CT molecular complexity index is 1680. The van der Waals surface area contributed by atoms with Crippen LogP contribution >= 0.6 is 0 Å². The van der Waals surface area contributed by atoms with Crippen LogP contribution in [0.4, 0.5) is 0 Å². The SMILES string of the molecule is C=Cc1c(C=C)c(-c2ccc3cc(/C(=C/C)C(=C)C)ccc3c2)c2ccccc2c1-c1ccccc1. The van der Waals surface area contributed by atoms with Gasteiger partial charge >= 0.3 is 0 Å². The maximum atomic E-state index is 4.22. The van der Waals surface area contributed by atoms with E-state index in [1.54, 1.807) is 0 Å². The Balaban J connectivity index is 1.79. The largest absolute Gasteiger partial charge is 0.0984 e. The van der Waals surface area contributed by atoms with Crippen molar-refractivity contribution in [2.75, 3.05) is 0 Å². The average Bonchev–Trinajstić information content (AvgIpc) is 2.92. The molecule has 0 saturated heterocycles. The maximum absolute atomic E-state index is 4.22. The van der Waals surface area contributed by atoms with Gasteiger partial charge in [-0.15, -0.1) is 0 Å². The summed E-state index contributed by atoms with van der Waals surface area (Å²) in [6.07, 6.45) is 6.08. The molecule has 0 atom stereocenters. The Kier molecular flexibility index (Phi) is 6.27. The van der Waals surface area contributed by atoms with Crippen LogP contribution in [0.15, 0.2) is 122 Å². The molecule has 0 aromatic heterocycles. The van der Waals surface area contributed by atoms with Gasteiger partial charge in [0.25, 0.3) is 0 Å². The third kappa shape index (κ3) is 3.91. The van der Waals surface area contributed by atoms with Gasteiger partial charge in [0, 0.05) is 0 Å². The number of allylic oxidation sites excluding steroid dienone is 3. The molecule has 36 heavy (non-hydrogen) atoms. The van der Waals surface area contributed by atoms with E-state index >= 15 is 0 Å². The molecule has 0 aliphatic carbocycles. The second kappa shape index (κ2) is 9.68. The molecule has 174 valence electrons. The fourth-order valence-electron chi connectivity index (χ4n) is 5.36. The number of rotatable bonds is 6. The van der Waals surface area contributed by atoms with Crippen molar-refractivity contribution in [3.8, 4) is 22.3 Å². The van der Waals surface area contributed by atoms with Crippen LogP contribution in [0.1, 0.15) is 30.5 Å². The summed E-state index contributed by atoms with van der Waals surface area (Å²) >= 11 is 0. The lowest BCUT2D eigenvalue weighted by Gasteiger charge is -2.20. The molecule has 0 nitrogen and oxygen atoms in total. The quantitative estimate of drug-likeness (QED) is 0.220. The van der Waals surface area contributed by atoms with Crippen molar-refractivity contribution < 1.29 is 0 Å². The van der Waals surface area contributed by atoms with Crippen molar-refractivity contribution in [3.63, 3.8) is 0 Å². The van der Waals surface area contributed by atoms with Crippen LogP contribution in [0.2, 0.25) is 0 Å². The van der Waals surface area contributed by atoms with Crippen molar-refractivity contribution in [2.45, 2.75) is 13.8 Å². The van der Waals surface area contributed by atoms with Crippen LogP contribution in [-0.4, -0.2) is 0 Å². The van der Waals surface area contributed by atoms with E-state index in [9.17, 15) is 0 Å². The van der Waals surface area contributed by atoms with Gasteiger partial charge in [-0.25, -0.2) is 0 Å². The van der Waals surface area contributed by atoms with E-state index in [0.29, 0.717) is 0 Å². The average molecular weight is 463 g/mol. The van der Waals surface area contributed by atoms with Gasteiger partial charge in [0.15, 0.2) is 0 Å². The normalized spacial score (nSPS) is 11.6. The Labute approximate surface area is 214 Å². The topological polar surface area (TPSA) is 0 Å². The highest BCUT2D eigenvalue weighted by Crippen LogP contribution is 2.43. The second-order valence-corrected chi connectivity index (χ2v) is 9.16. The predicted molar refractivity (Wildman–Crippen MR) is 161 cm³/mol. The van der Waals surface area contributed by atoms with Gasteiger partial charge in [-0.05, 0) is 92.0 Å². The molecule has 0 aliphatic rings. The van der Waals surface area contributed by atoms with E-state index in [-0.39, 0.29) is 0 Å². The first-order valence-electron chi connectivity index (χ1n) is 12.3. The minimum Gasteiger partial charge on any atom is -0.0984 e. The highest BCUT2D eigenvalue weighted by Gasteiger charge is 2.18. The van der Waals surface area contributed by atoms with Crippen molar-refractivity contribution in [1.29, 1.82) is 0 Å². The zero-order valence-corrected chi connectivity index (χ0v) is 21.0. The highest BCUT2D eigenvalue weighted by atomic mass is 14.2. The molecule has 0 unspecified atom stereocenters. The zero-order valence-electron chi connectivity index (χ0n) is 21.0. The van der Waals surface area contributed by atoms with Crippen molar-refractivity contribution in [2.24, 2.45) is 0 Å². The van der Waals surface area contributed by atoms with Crippen LogP contribution in [0.25, 0.3) is 61.5 Å². The van der Waals surface area contributed by atoms with Crippen LogP contribution in [-0.2, 0) is 0 Å². The van der Waals surface area contributed by atoms with Crippen LogP contribution in [0, 0.1) is 0 Å². The van der Waals surface area contributed by atoms with Gasteiger partial charge in [-0.1, -0.05) is 122 Å². The molecule has 0 amide bonds. The van der Waals surface area contributed by atoms with Crippen LogP contribution in [0.3, 0.4) is 0 Å². The Morgan fingerprint density at radius 2 is 1.19 bits per heavy atom. The molecule has 5 aromatic rings. The summed E-state index contributed by atoms with van der Waals surface area (Å²) in [6, 6.07) is 32.6. The molecule has 0 bridgehead atoms. The molecule has 0 heterocycles. The zero-order chi connectivity index (χ0) is 25.2. The van der Waals surface area contributed by atoms with Gasteiger partial charge in [-0.3, -0.25) is 0 Å². The van der Waals surface area contributed by atoms with E-state index < -0.39 is 0 Å². The third-order valence-electron chi connectivity index (χ3n) is 6.95. The first-order valence-corrected chi connectivity index (χ1v) is 12.3. The molecule has 0 spiro atoms. The standard InChI is InChI=1S/C36H30/c1-6-30(24(4)5)28-20-18-27-23-29(21-19-26(27)22-28)36-32(8-3)31(7-2)35(25-14-10-9-11-15-25)33-16-12-13-17-34(33)36/h6-23H,2-4H2,1,5H3/b30-6+. The van der Waals surface area contributed by atoms with Gasteiger partial charge < -0.3 is 0 Å². The van der Waals surface area contributed by atoms with Gasteiger partial charge in [-0.2, -0.15) is 0 Å². The Morgan fingerprint density at radius 3 is 1.78 bits per heavy atom. The predicted octanol–water partition coefficient (Wildman–Crippen LogP) is 10.6. The highest BCUT2D eigenvalue weighted by molar-refractivity contribution is 6.12. The lowest BCUT2D eigenvalue weighted by atomic mass is 9.83. The monoisotopic (exact) mass is 462 g/mol. The summed E-state index contributed by atoms with van der Waals surface area (Å²) in [5.41, 5.74) is 10.4. The fourth-order valence-corrected chi connectivity index (χ4v) is 5.36. The van der Waals surface area contributed by atoms with E-state index in [0.717, 1.165) is 16.7 Å². The van der Waals surface area contributed by atoms with Crippen molar-refractivity contribution in [3.05, 3.63) is 139 Å². The summed E-state index contributed by atoms with van der Waals surface area (Å²) in [6.45, 7) is 16.7. The van der Waals surface area contributed by atoms with E-state index in [4.69, 9.17) is 0 Å². The maximum Gasteiger partial charge on any atom is -0.00264 e. The number of benzene rings is 5. The van der Waals surface area contributed by atoms with Crippen LogP contribution in [0.5, 0.6) is 0 Å². The summed E-state index contributed by atoms with van der Waals surface area (Å²) in [5, 5.41) is 4.85. The third-order valence-corrected chi connectivity index (χ3v) is 6.95. The van der Waals surface area contributed by atoms with E-state index in [1.165, 1.54) is 54.9 Å². The number of hydrogen-bond donors (Lipinski definition) is 0. The smallest absolute Gasteiger partial charge is 0.00264 e. The Morgan fingerprint density at radius 1 is 0.639 bits per heavy atom. The molecule has 0 radical (unpaired) electrons. The Hall–Kier alpha value is -4.42. The molecular formula is C36H30. The lowest BCUT2D eigenvalue weighted by Crippen LogP contribution is -1.96. The summed E-state index contributed by atoms with van der Waals surface area (Å²) in [4.78, 5) is 0. The first-order chi connectivity index (χ1) is 17.6. The summed E-state index contributed by atoms with van der Waals surface area (Å²) < 4.78 is 0. The van der Waals surface area contributed by atoms with E-state index in [2.05, 4.69) is 131 Å². The summed E-state index contributed by atoms with van der Waals surface area (Å²) in [7, 11) is 0. The molecule has 5 aromatic carbocycles. The van der Waals surface area contributed by atoms with Gasteiger partial charge in [0.2, 0.25) is 0 Å². The molecule has 0 aliphatic heterocycles. The first kappa shape index (κ1) is 23.3. The lowest BCUT2D eigenvalue weighted by molar-refractivity contribution is 1.51. The van der Waals surface area contributed by atoms with Gasteiger partial charge in [0.1, 0.15) is 0 Å². The van der Waals surface area contributed by atoms with Crippen LogP contribution < -0.4 is 0 Å². The van der Waals surface area contributed by atoms with Crippen molar-refractivity contribution in [1.82, 2.24) is 0 Å². The second-order valence-electron chi connectivity index (χ2n) is 9.16. The van der Waals surface area contributed by atoms with Gasteiger partial charge in [0.05, 0.1) is 0 Å². The van der Waals surface area contributed by atoms with Crippen molar-refractivity contribution >= 4 is 39.3 Å². The molecular weight excluding hydrogens is 432 g/mol. The molecule has 0 heteroatoms. The minimum atomic E-state index is 1.08.